The zero-order valence-electron chi connectivity index (χ0n) is 23.5. The molecule has 4 fully saturated rings. The predicted octanol–water partition coefficient (Wildman–Crippen LogP) is 5.81. The molecule has 0 aromatic rings. The Bertz CT molecular complexity index is 837. The zero-order valence-corrected chi connectivity index (χ0v) is 25.1. The highest BCUT2D eigenvalue weighted by Crippen LogP contribution is 2.68. The topological polar surface area (TPSA) is 87.1 Å². The van der Waals surface area contributed by atoms with E-state index in [1.54, 1.807) is 0 Å². The lowest BCUT2D eigenvalue weighted by Crippen LogP contribution is -2.59. The highest BCUT2D eigenvalue weighted by molar-refractivity contribution is 6.18. The van der Waals surface area contributed by atoms with Crippen molar-refractivity contribution in [1.82, 2.24) is 4.90 Å². The van der Waals surface area contributed by atoms with Crippen molar-refractivity contribution < 1.29 is 24.5 Å². The third-order valence-corrected chi connectivity index (χ3v) is 12.0. The molecule has 10 atom stereocenters. The van der Waals surface area contributed by atoms with E-state index in [-0.39, 0.29) is 42.0 Å². The molecule has 0 amide bonds. The predicted molar refractivity (Wildman–Crippen MR) is 150 cm³/mol. The van der Waals surface area contributed by atoms with E-state index < -0.39 is 5.97 Å². The van der Waals surface area contributed by atoms with Crippen LogP contribution in [0.1, 0.15) is 85.0 Å². The van der Waals surface area contributed by atoms with Crippen LogP contribution < -0.4 is 0 Å². The van der Waals surface area contributed by atoms with E-state index in [9.17, 15) is 19.8 Å². The van der Waals surface area contributed by atoms with Gasteiger partial charge in [-0.2, -0.15) is 0 Å². The molecule has 0 radical (unpaired) electrons. The van der Waals surface area contributed by atoms with Crippen LogP contribution in [0.3, 0.4) is 0 Å². The van der Waals surface area contributed by atoms with Crippen molar-refractivity contribution in [3.63, 3.8) is 0 Å². The van der Waals surface area contributed by atoms with Crippen LogP contribution in [-0.2, 0) is 14.3 Å². The molecule has 0 saturated heterocycles. The summed E-state index contributed by atoms with van der Waals surface area (Å²) in [4.78, 5) is 25.8. The fourth-order valence-corrected chi connectivity index (χ4v) is 10.2. The smallest absolute Gasteiger partial charge is 0.320 e. The zero-order chi connectivity index (χ0) is 27.7. The molecule has 218 valence electrons. The Morgan fingerprint density at radius 2 is 1.66 bits per heavy atom. The number of aliphatic hydroxyl groups is 1. The highest BCUT2D eigenvalue weighted by atomic mass is 35.5. The first kappa shape index (κ1) is 30.4. The lowest BCUT2D eigenvalue weighted by Gasteiger charge is -2.62. The second-order valence-corrected chi connectivity index (χ2v) is 14.2. The third-order valence-electron chi connectivity index (χ3n) is 11.7. The molecule has 4 saturated carbocycles. The number of hydrogen-bond acceptors (Lipinski definition) is 5. The van der Waals surface area contributed by atoms with Gasteiger partial charge in [0, 0.05) is 31.3 Å². The molecule has 0 bridgehead atoms. The van der Waals surface area contributed by atoms with Gasteiger partial charge in [-0.1, -0.05) is 20.8 Å². The summed E-state index contributed by atoms with van der Waals surface area (Å²) in [6.45, 7) is 8.59. The minimum atomic E-state index is -0.703. The third kappa shape index (κ3) is 6.04. The van der Waals surface area contributed by atoms with Gasteiger partial charge in [-0.25, -0.2) is 0 Å². The fraction of sp³-hybridized carbons (Fsp3) is 0.933. The van der Waals surface area contributed by atoms with Crippen LogP contribution in [0.5, 0.6) is 0 Å². The Morgan fingerprint density at radius 3 is 2.32 bits per heavy atom. The van der Waals surface area contributed by atoms with Gasteiger partial charge in [0.2, 0.25) is 0 Å². The van der Waals surface area contributed by atoms with Gasteiger partial charge in [-0.15, -0.1) is 23.2 Å². The lowest BCUT2D eigenvalue weighted by atomic mass is 9.43. The summed E-state index contributed by atoms with van der Waals surface area (Å²) in [5.41, 5.74) is 0.359. The molecule has 0 aliphatic heterocycles. The number of halogens is 2. The maximum atomic E-state index is 12.7. The van der Waals surface area contributed by atoms with E-state index in [1.165, 1.54) is 6.42 Å². The van der Waals surface area contributed by atoms with Gasteiger partial charge < -0.3 is 14.9 Å². The summed E-state index contributed by atoms with van der Waals surface area (Å²) in [5.74, 6) is 2.64. The first-order chi connectivity index (χ1) is 18.0. The molecular weight excluding hydrogens is 525 g/mol. The van der Waals surface area contributed by atoms with E-state index in [4.69, 9.17) is 27.9 Å². The molecule has 4 rings (SSSR count). The van der Waals surface area contributed by atoms with E-state index in [2.05, 4.69) is 20.8 Å². The van der Waals surface area contributed by atoms with E-state index in [0.717, 1.165) is 51.4 Å². The van der Waals surface area contributed by atoms with Crippen LogP contribution in [0.25, 0.3) is 0 Å². The monoisotopic (exact) mass is 573 g/mol. The number of carboxylic acid groups (broad SMARTS) is 1. The van der Waals surface area contributed by atoms with Gasteiger partial charge in [0.25, 0.3) is 0 Å². The van der Waals surface area contributed by atoms with Gasteiger partial charge in [-0.05, 0) is 104 Å². The number of fused-ring (bicyclic) bond motifs is 5. The lowest BCUT2D eigenvalue weighted by molar-refractivity contribution is -0.183. The summed E-state index contributed by atoms with van der Waals surface area (Å²) in [6, 6.07) is 0. The second-order valence-electron chi connectivity index (χ2n) is 13.5. The number of carbonyl (C=O) groups is 2. The number of nitrogens with zero attached hydrogens (tertiary/aromatic N) is 1. The van der Waals surface area contributed by atoms with E-state index in [1.807, 2.05) is 4.90 Å². The largest absolute Gasteiger partial charge is 0.481 e. The van der Waals surface area contributed by atoms with Crippen molar-refractivity contribution in [2.45, 2.75) is 97.2 Å². The highest BCUT2D eigenvalue weighted by Gasteiger charge is 2.63. The van der Waals surface area contributed by atoms with Crippen molar-refractivity contribution in [2.75, 3.05) is 31.4 Å². The number of alkyl halides is 2. The molecule has 0 aromatic carbocycles. The molecule has 1 unspecified atom stereocenters. The number of aliphatic hydroxyl groups excluding tert-OH is 1. The first-order valence-corrected chi connectivity index (χ1v) is 16.0. The number of rotatable bonds is 11. The molecule has 38 heavy (non-hydrogen) atoms. The quantitative estimate of drug-likeness (QED) is 0.239. The molecule has 4 aliphatic rings. The summed E-state index contributed by atoms with van der Waals surface area (Å²) in [6.07, 6.45) is 8.77. The summed E-state index contributed by atoms with van der Waals surface area (Å²) >= 11 is 11.8. The number of carbonyl (C=O) groups excluding carboxylic acids is 1. The van der Waals surface area contributed by atoms with Crippen LogP contribution in [0, 0.1) is 46.3 Å². The van der Waals surface area contributed by atoms with Gasteiger partial charge >= 0.3 is 11.9 Å². The number of aliphatic carboxylic acids is 1. The van der Waals surface area contributed by atoms with Gasteiger partial charge in [0.05, 0.1) is 12.6 Å². The Kier molecular flexibility index (Phi) is 10.0. The molecule has 8 heteroatoms. The molecule has 0 spiro atoms. The SMILES string of the molecule is C[C@H](CCC(=O)O)[C@H]1CC[C@H]2[C@@H]3[C@@H](O)CC4C[C@@H](OC(=O)CN(CCCl)CCCl)CC[C@]4(C)[C@H]3CC[C@]12C. The van der Waals surface area contributed by atoms with Crippen LogP contribution in [0.15, 0.2) is 0 Å². The molecule has 0 aromatic heterocycles. The van der Waals surface area contributed by atoms with Crippen LogP contribution in [0.2, 0.25) is 0 Å². The van der Waals surface area contributed by atoms with Crippen molar-refractivity contribution in [3.05, 3.63) is 0 Å². The van der Waals surface area contributed by atoms with Crippen LogP contribution >= 0.6 is 23.2 Å². The Hall–Kier alpha value is -0.560. The normalized spacial score (nSPS) is 41.2. The Balaban J connectivity index is 1.40. The van der Waals surface area contributed by atoms with Crippen molar-refractivity contribution in [3.8, 4) is 0 Å². The number of ether oxygens (including phenoxy) is 1. The average Bonchev–Trinajstić information content (AvgIpc) is 3.21. The first-order valence-electron chi connectivity index (χ1n) is 15.0. The van der Waals surface area contributed by atoms with Crippen molar-refractivity contribution >= 4 is 35.1 Å². The van der Waals surface area contributed by atoms with Crippen LogP contribution in [0.4, 0.5) is 0 Å². The van der Waals surface area contributed by atoms with E-state index in [0.29, 0.717) is 60.4 Å². The molecule has 4 aliphatic carbocycles. The van der Waals surface area contributed by atoms with Gasteiger partial charge in [0.15, 0.2) is 0 Å². The minimum absolute atomic E-state index is 0.0852. The molecular formula is C30H49Cl2NO5. The minimum Gasteiger partial charge on any atom is -0.481 e. The number of carboxylic acids is 1. The van der Waals surface area contributed by atoms with Gasteiger partial charge in [-0.3, -0.25) is 14.5 Å². The average molecular weight is 575 g/mol. The number of hydrogen-bond donors (Lipinski definition) is 2. The second kappa shape index (κ2) is 12.5. The maximum absolute atomic E-state index is 12.7. The van der Waals surface area contributed by atoms with E-state index >= 15 is 0 Å². The summed E-state index contributed by atoms with van der Waals surface area (Å²) in [5, 5.41) is 20.8. The summed E-state index contributed by atoms with van der Waals surface area (Å²) < 4.78 is 5.96. The van der Waals surface area contributed by atoms with Crippen molar-refractivity contribution in [2.24, 2.45) is 46.3 Å². The molecule has 0 heterocycles. The standard InChI is InChI=1S/C30H49Cl2NO5/c1-19(4-7-26(35)36)22-5-6-23-28-24(9-11-30(22,23)3)29(2)10-8-21(16-20(29)17-25(28)34)38-27(37)18-33(14-12-31)15-13-32/h19-25,28,34H,4-18H2,1-3H3,(H,35,36)/t19-,20?,21+,22-,23+,24+,25+,28+,29+,30-/m1/s1. The van der Waals surface area contributed by atoms with Gasteiger partial charge in [0.1, 0.15) is 6.10 Å². The molecule has 6 nitrogen and oxygen atoms in total. The molecule has 2 N–H and O–H groups in total. The Morgan fingerprint density at radius 1 is 1.00 bits per heavy atom. The maximum Gasteiger partial charge on any atom is 0.320 e. The van der Waals surface area contributed by atoms with Crippen LogP contribution in [-0.4, -0.2) is 70.7 Å². The summed E-state index contributed by atoms with van der Waals surface area (Å²) in [7, 11) is 0. The fourth-order valence-electron chi connectivity index (χ4n) is 9.73. The number of esters is 1. The Labute approximate surface area is 239 Å². The van der Waals surface area contributed by atoms with Crippen molar-refractivity contribution in [1.29, 1.82) is 0 Å².